The van der Waals surface area contributed by atoms with Crippen LogP contribution in [0.3, 0.4) is 0 Å². The van der Waals surface area contributed by atoms with E-state index in [-0.39, 0.29) is 17.1 Å². The predicted molar refractivity (Wildman–Crippen MR) is 182 cm³/mol. The van der Waals surface area contributed by atoms with Crippen molar-refractivity contribution < 1.29 is 35.9 Å². The van der Waals surface area contributed by atoms with E-state index in [1.54, 1.807) is 57.2 Å². The van der Waals surface area contributed by atoms with Crippen LogP contribution in [0, 0.1) is 0 Å². The summed E-state index contributed by atoms with van der Waals surface area (Å²) in [4.78, 5) is 28.7. The lowest BCUT2D eigenvalue weighted by atomic mass is 10.0. The average Bonchev–Trinajstić information content (AvgIpc) is 3.56. The molecule has 0 fully saturated rings. The van der Waals surface area contributed by atoms with Crippen LogP contribution in [0.25, 0.3) is 10.2 Å². The number of nitrogens with two attached hydrogens (primary N) is 2. The summed E-state index contributed by atoms with van der Waals surface area (Å²) in [6.07, 6.45) is -2.79. The molecule has 6 rings (SSSR count). The third kappa shape index (κ3) is 9.71. The topological polar surface area (TPSA) is 165 Å². The molecule has 0 saturated heterocycles. The number of allylic oxidation sites excluding steroid dienone is 2. The third-order valence-electron chi connectivity index (χ3n) is 6.45. The summed E-state index contributed by atoms with van der Waals surface area (Å²) in [6, 6.07) is 9.63. The van der Waals surface area contributed by atoms with Crippen LogP contribution in [0.2, 0.25) is 0 Å². The van der Waals surface area contributed by atoms with Gasteiger partial charge in [0, 0.05) is 23.0 Å². The molecule has 2 aliphatic rings. The van der Waals surface area contributed by atoms with Crippen LogP contribution in [0.4, 0.5) is 53.6 Å². The fraction of sp³-hybridized carbons (Fsp3) is 0.258. The molecule has 2 unspecified atom stereocenters. The number of anilines is 4. The second-order valence-electron chi connectivity index (χ2n) is 11.7. The Balaban J connectivity index is 0.000000200. The van der Waals surface area contributed by atoms with Crippen LogP contribution in [0.15, 0.2) is 83.0 Å². The first-order valence-corrected chi connectivity index (χ1v) is 16.2. The van der Waals surface area contributed by atoms with Crippen LogP contribution in [-0.2, 0) is 17.1 Å². The van der Waals surface area contributed by atoms with Crippen molar-refractivity contribution in [3.63, 3.8) is 0 Å². The van der Waals surface area contributed by atoms with E-state index < -0.39 is 40.8 Å². The second-order valence-corrected chi connectivity index (χ2v) is 13.9. The van der Waals surface area contributed by atoms with Gasteiger partial charge in [-0.3, -0.25) is 10.3 Å². The lowest BCUT2D eigenvalue weighted by molar-refractivity contribution is -0.138. The monoisotopic (exact) mass is 737 g/mol. The van der Waals surface area contributed by atoms with Crippen molar-refractivity contribution >= 4 is 67.6 Å². The number of aliphatic imine (C=N–C) groups is 1. The summed E-state index contributed by atoms with van der Waals surface area (Å²) in [7, 11) is 0. The maximum absolute atomic E-state index is 12.6. The Morgan fingerprint density at radius 2 is 1.58 bits per heavy atom. The number of pyridine rings is 2. The largest absolute Gasteiger partial charge is 0.444 e. The Kier molecular flexibility index (Phi) is 10.2. The number of rotatable bonds is 5. The number of ether oxygens (including phenoxy) is 1. The molecule has 0 bridgehead atoms. The van der Waals surface area contributed by atoms with Crippen molar-refractivity contribution in [2.45, 2.75) is 49.9 Å². The molecule has 1 aliphatic heterocycles. The molecule has 50 heavy (non-hydrogen) atoms. The van der Waals surface area contributed by atoms with Gasteiger partial charge in [0.25, 0.3) is 0 Å². The highest BCUT2D eigenvalue weighted by Gasteiger charge is 2.33. The van der Waals surface area contributed by atoms with E-state index in [1.165, 1.54) is 35.2 Å². The summed E-state index contributed by atoms with van der Waals surface area (Å²) in [5.41, 5.74) is 10.3. The standard InChI is InChI=1S/C18H17F3N4O2S.C13H12F3N5S/c1-17(2,3)27-16(26)25-15-24-12-6-5-11(8-13(12)28-15)23-14-7-4-10(9-22-14)18(19,20)21;14-13(15,16)7-1-2-10(19-6-7)21-12(18)4-3-8-9(5-12)22-11(17)20-8/h4-9H,1-3H3,(H,22,23)(H,24,25,26);1-6,11H,17-18H2,(H,19,21). The maximum atomic E-state index is 12.6. The highest BCUT2D eigenvalue weighted by molar-refractivity contribution is 8.05. The van der Waals surface area contributed by atoms with Gasteiger partial charge in [-0.05, 0) is 81.5 Å². The number of thioether (sulfide) groups is 1. The zero-order chi connectivity index (χ0) is 36.5. The molecule has 1 aromatic carbocycles. The summed E-state index contributed by atoms with van der Waals surface area (Å²) in [5.74, 6) is 0.522. The van der Waals surface area contributed by atoms with Crippen LogP contribution in [-0.4, -0.2) is 43.5 Å². The Morgan fingerprint density at radius 1 is 0.940 bits per heavy atom. The minimum Gasteiger partial charge on any atom is -0.444 e. The fourth-order valence-corrected chi connectivity index (χ4v) is 6.12. The summed E-state index contributed by atoms with van der Waals surface area (Å²) >= 11 is 2.61. The Bertz CT molecular complexity index is 1950. The normalized spacial score (nSPS) is 18.7. The number of carbonyl (C=O) groups is 1. The number of alkyl halides is 6. The molecule has 19 heteroatoms. The van der Waals surface area contributed by atoms with E-state index in [9.17, 15) is 31.1 Å². The van der Waals surface area contributed by atoms with Crippen molar-refractivity contribution in [2.75, 3.05) is 16.0 Å². The highest BCUT2D eigenvalue weighted by atomic mass is 32.2. The van der Waals surface area contributed by atoms with Gasteiger partial charge in [-0.25, -0.2) is 19.7 Å². The van der Waals surface area contributed by atoms with Crippen LogP contribution >= 0.6 is 23.1 Å². The van der Waals surface area contributed by atoms with Gasteiger partial charge < -0.3 is 26.8 Å². The van der Waals surface area contributed by atoms with Gasteiger partial charge in [0.1, 0.15) is 28.4 Å². The quantitative estimate of drug-likeness (QED) is 0.101. The average molecular weight is 738 g/mol. The van der Waals surface area contributed by atoms with E-state index in [0.717, 1.165) is 39.8 Å². The molecule has 264 valence electrons. The molecule has 4 aromatic rings. The van der Waals surface area contributed by atoms with Gasteiger partial charge in [-0.1, -0.05) is 23.1 Å². The first-order valence-electron chi connectivity index (χ1n) is 14.5. The summed E-state index contributed by atoms with van der Waals surface area (Å²) in [6.45, 7) is 5.29. The highest BCUT2D eigenvalue weighted by Crippen LogP contribution is 2.35. The van der Waals surface area contributed by atoms with E-state index in [1.807, 2.05) is 0 Å². The van der Waals surface area contributed by atoms with Crippen molar-refractivity contribution in [3.05, 3.63) is 89.1 Å². The zero-order valence-corrected chi connectivity index (χ0v) is 28.0. The minimum absolute atomic E-state index is 0.240. The molecular formula is C31H29F6N9O2S2. The van der Waals surface area contributed by atoms with E-state index in [2.05, 4.69) is 35.9 Å². The van der Waals surface area contributed by atoms with Gasteiger partial charge in [0.05, 0.1) is 27.1 Å². The number of fused-ring (bicyclic) bond motifs is 2. The molecule has 0 spiro atoms. The first kappa shape index (κ1) is 36.6. The van der Waals surface area contributed by atoms with E-state index in [4.69, 9.17) is 16.2 Å². The number of halogens is 6. The zero-order valence-electron chi connectivity index (χ0n) is 26.3. The fourth-order valence-electron chi connectivity index (χ4n) is 4.30. The lowest BCUT2D eigenvalue weighted by Gasteiger charge is -2.27. The number of nitrogens with one attached hydrogen (secondary N) is 3. The molecule has 7 N–H and O–H groups in total. The van der Waals surface area contributed by atoms with Gasteiger partial charge in [0.15, 0.2) is 5.13 Å². The minimum atomic E-state index is -4.43. The smallest absolute Gasteiger partial charge is 0.417 e. The van der Waals surface area contributed by atoms with Crippen molar-refractivity contribution in [1.29, 1.82) is 0 Å². The number of amides is 1. The van der Waals surface area contributed by atoms with Crippen LogP contribution in [0.1, 0.15) is 31.9 Å². The van der Waals surface area contributed by atoms with Crippen LogP contribution < -0.4 is 27.4 Å². The summed E-state index contributed by atoms with van der Waals surface area (Å²) in [5, 5.41) is 8.80. The van der Waals surface area contributed by atoms with Gasteiger partial charge in [-0.2, -0.15) is 26.3 Å². The number of hydrogen-bond donors (Lipinski definition) is 5. The van der Waals surface area contributed by atoms with Crippen molar-refractivity contribution in [3.8, 4) is 0 Å². The number of hydrogen-bond acceptors (Lipinski definition) is 12. The van der Waals surface area contributed by atoms with Gasteiger partial charge >= 0.3 is 18.4 Å². The number of aromatic nitrogens is 3. The maximum Gasteiger partial charge on any atom is 0.417 e. The Hall–Kier alpha value is -4.72. The molecule has 0 radical (unpaired) electrons. The number of benzene rings is 1. The van der Waals surface area contributed by atoms with Gasteiger partial charge in [-0.15, -0.1) is 0 Å². The van der Waals surface area contributed by atoms with E-state index in [0.29, 0.717) is 16.3 Å². The predicted octanol–water partition coefficient (Wildman–Crippen LogP) is 7.85. The molecule has 11 nitrogen and oxygen atoms in total. The molecule has 0 saturated carbocycles. The summed E-state index contributed by atoms with van der Waals surface area (Å²) < 4.78 is 81.3. The first-order chi connectivity index (χ1) is 23.2. The molecule has 2 atom stereocenters. The molecule has 1 amide bonds. The SMILES string of the molecule is CC(C)(C)OC(=O)Nc1nc2ccc(Nc3ccc(C(F)(F)F)cn3)cc2s1.NC1N=C2C=CC(N)(Nc3ccc(C(F)(F)F)cn3)C=C2S1. The number of carbonyl (C=O) groups excluding carboxylic acids is 1. The molecular weight excluding hydrogens is 709 g/mol. The Morgan fingerprint density at radius 3 is 2.16 bits per heavy atom. The van der Waals surface area contributed by atoms with Crippen molar-refractivity contribution in [1.82, 2.24) is 15.0 Å². The molecule has 1 aliphatic carbocycles. The van der Waals surface area contributed by atoms with Crippen LogP contribution in [0.5, 0.6) is 0 Å². The van der Waals surface area contributed by atoms with E-state index >= 15 is 0 Å². The van der Waals surface area contributed by atoms with Crippen molar-refractivity contribution in [2.24, 2.45) is 16.5 Å². The molecule has 3 aromatic heterocycles. The second kappa shape index (κ2) is 13.9. The third-order valence-corrected chi connectivity index (χ3v) is 8.31. The lowest BCUT2D eigenvalue weighted by Crippen LogP contribution is -2.45. The Labute approximate surface area is 289 Å². The van der Waals surface area contributed by atoms with Gasteiger partial charge in [0.2, 0.25) is 0 Å². The number of thiazole rings is 1. The number of nitrogens with zero attached hydrogens (tertiary/aromatic N) is 4. The molecule has 4 heterocycles.